The second kappa shape index (κ2) is 16.9. The van der Waals surface area contributed by atoms with E-state index in [-0.39, 0.29) is 24.7 Å². The van der Waals surface area contributed by atoms with E-state index in [9.17, 15) is 19.5 Å². The predicted molar refractivity (Wildman–Crippen MR) is 148 cm³/mol. The summed E-state index contributed by atoms with van der Waals surface area (Å²) < 4.78 is 11.6. The van der Waals surface area contributed by atoms with Crippen LogP contribution in [0.3, 0.4) is 0 Å². The van der Waals surface area contributed by atoms with E-state index in [0.29, 0.717) is 12.3 Å². The highest BCUT2D eigenvalue weighted by atomic mass is 16.6. The minimum Gasteiger partial charge on any atom is -0.508 e. The molecule has 0 spiro atoms. The quantitative estimate of drug-likeness (QED) is 0.168. The third kappa shape index (κ3) is 14.2. The lowest BCUT2D eigenvalue weighted by molar-refractivity contribution is -0.155. The van der Waals surface area contributed by atoms with Crippen LogP contribution in [-0.4, -0.2) is 57.9 Å². The van der Waals surface area contributed by atoms with Crippen LogP contribution in [0, 0.1) is 5.92 Å². The monoisotopic (exact) mass is 535 g/mol. The van der Waals surface area contributed by atoms with E-state index in [1.807, 2.05) is 0 Å². The van der Waals surface area contributed by atoms with E-state index >= 15 is 0 Å². The van der Waals surface area contributed by atoms with Gasteiger partial charge in [-0.1, -0.05) is 51.7 Å². The lowest BCUT2D eigenvalue weighted by Gasteiger charge is -2.31. The number of aliphatic carboxylic acids is 1. The number of amides is 1. The fourth-order valence-electron chi connectivity index (χ4n) is 4.21. The highest BCUT2D eigenvalue weighted by Gasteiger charge is 2.33. The number of nitrogens with zero attached hydrogens (tertiary/aromatic N) is 1. The van der Waals surface area contributed by atoms with Crippen molar-refractivity contribution in [2.75, 3.05) is 7.05 Å². The minimum absolute atomic E-state index is 0.126. The molecule has 0 aliphatic rings. The number of rotatable bonds is 17. The number of carboxylic acid groups (broad SMARTS) is 1. The average molecular weight is 536 g/mol. The molecule has 8 nitrogen and oxygen atoms in total. The minimum atomic E-state index is -0.878. The Morgan fingerprint density at radius 3 is 2.16 bits per heavy atom. The zero-order chi connectivity index (χ0) is 28.7. The molecule has 2 N–H and O–H groups in total. The maximum absolute atomic E-state index is 13.5. The van der Waals surface area contributed by atoms with Crippen molar-refractivity contribution >= 4 is 18.0 Å². The smallest absolute Gasteiger partial charge is 0.410 e. The summed E-state index contributed by atoms with van der Waals surface area (Å²) >= 11 is 0. The first kappa shape index (κ1) is 33.3. The summed E-state index contributed by atoms with van der Waals surface area (Å²) in [5.41, 5.74) is 0.0828. The predicted octanol–water partition coefficient (Wildman–Crippen LogP) is 6.72. The fraction of sp³-hybridized carbons (Fsp3) is 0.700. The topological polar surface area (TPSA) is 113 Å². The number of unbranched alkanes of at least 4 members (excludes halogenated alkanes) is 3. The Morgan fingerprint density at radius 2 is 1.58 bits per heavy atom. The van der Waals surface area contributed by atoms with Gasteiger partial charge in [-0.3, -0.25) is 9.69 Å². The number of hydrogen-bond donors (Lipinski definition) is 2. The number of likely N-dealkylation sites (N-methyl/N-ethyl adjacent to an activating group) is 1. The number of carbonyl (C=O) groups excluding carboxylic acids is 2. The van der Waals surface area contributed by atoms with Gasteiger partial charge in [0, 0.05) is 19.9 Å². The molecule has 1 amide bonds. The lowest BCUT2D eigenvalue weighted by atomic mass is 9.95. The van der Waals surface area contributed by atoms with Gasteiger partial charge in [0.25, 0.3) is 0 Å². The van der Waals surface area contributed by atoms with Crippen LogP contribution in [0.25, 0.3) is 0 Å². The molecule has 0 fully saturated rings. The third-order valence-corrected chi connectivity index (χ3v) is 6.52. The molecule has 0 aliphatic carbocycles. The number of ether oxygens (including phenoxy) is 2. The highest BCUT2D eigenvalue weighted by molar-refractivity contribution is 5.82. The van der Waals surface area contributed by atoms with Crippen molar-refractivity contribution in [3.05, 3.63) is 29.8 Å². The zero-order valence-electron chi connectivity index (χ0n) is 24.2. The van der Waals surface area contributed by atoms with Crippen LogP contribution >= 0.6 is 0 Å². The third-order valence-electron chi connectivity index (χ3n) is 6.52. The van der Waals surface area contributed by atoms with Crippen LogP contribution in [0.1, 0.15) is 104 Å². The second-order valence-electron chi connectivity index (χ2n) is 11.4. The number of esters is 1. The molecule has 38 heavy (non-hydrogen) atoms. The molecule has 0 aliphatic heterocycles. The van der Waals surface area contributed by atoms with E-state index in [1.54, 1.807) is 52.1 Å². The Balaban J connectivity index is 2.94. The summed E-state index contributed by atoms with van der Waals surface area (Å²) in [4.78, 5) is 38.4. The van der Waals surface area contributed by atoms with Crippen molar-refractivity contribution in [2.24, 2.45) is 5.92 Å². The van der Waals surface area contributed by atoms with Gasteiger partial charge in [0.15, 0.2) is 0 Å². The molecule has 1 rings (SSSR count). The summed E-state index contributed by atoms with van der Waals surface area (Å²) in [6, 6.07) is 5.68. The largest absolute Gasteiger partial charge is 0.508 e. The van der Waals surface area contributed by atoms with Crippen molar-refractivity contribution < 1.29 is 34.1 Å². The molecule has 0 aromatic heterocycles. The van der Waals surface area contributed by atoms with Crippen LogP contribution < -0.4 is 0 Å². The van der Waals surface area contributed by atoms with E-state index in [4.69, 9.17) is 14.6 Å². The van der Waals surface area contributed by atoms with Gasteiger partial charge in [-0.15, -0.1) is 0 Å². The molecule has 0 saturated carbocycles. The molecule has 0 bridgehead atoms. The Morgan fingerprint density at radius 1 is 0.947 bits per heavy atom. The Hall–Kier alpha value is -2.77. The standard InChI is InChI=1S/C30H49NO7/c1-7-8-9-13-25(20-15-22(2)12-10-11-14-27(33)34)37-28(35)26(21-23-16-18-24(32)19-17-23)31(6)29(36)38-30(3,4)5/h16-19,22,25-26,32H,7-15,20-21H2,1-6H3,(H,33,34)/t22-,25-,26+/m1/s1. The normalized spacial score (nSPS) is 13.8. The van der Waals surface area contributed by atoms with Crippen molar-refractivity contribution in [3.8, 4) is 5.75 Å². The van der Waals surface area contributed by atoms with E-state index < -0.39 is 29.7 Å². The van der Waals surface area contributed by atoms with Crippen LogP contribution in [0.4, 0.5) is 4.79 Å². The molecular weight excluding hydrogens is 486 g/mol. The molecule has 0 unspecified atom stereocenters. The Labute approximate surface area is 228 Å². The van der Waals surface area contributed by atoms with Gasteiger partial charge in [-0.2, -0.15) is 0 Å². The van der Waals surface area contributed by atoms with Crippen LogP contribution in [0.5, 0.6) is 5.75 Å². The van der Waals surface area contributed by atoms with Crippen LogP contribution in [0.2, 0.25) is 0 Å². The van der Waals surface area contributed by atoms with E-state index in [2.05, 4.69) is 13.8 Å². The van der Waals surface area contributed by atoms with Crippen molar-refractivity contribution in [1.82, 2.24) is 4.90 Å². The van der Waals surface area contributed by atoms with Gasteiger partial charge >= 0.3 is 18.0 Å². The van der Waals surface area contributed by atoms with Gasteiger partial charge in [0.1, 0.15) is 23.5 Å². The molecule has 1 aromatic carbocycles. The maximum atomic E-state index is 13.5. The first-order chi connectivity index (χ1) is 17.8. The molecular formula is C30H49NO7. The Kier molecular flexibility index (Phi) is 14.8. The van der Waals surface area contributed by atoms with E-state index in [0.717, 1.165) is 56.9 Å². The molecule has 3 atom stereocenters. The molecule has 0 saturated heterocycles. The highest BCUT2D eigenvalue weighted by Crippen LogP contribution is 2.22. The zero-order valence-corrected chi connectivity index (χ0v) is 24.2. The second-order valence-corrected chi connectivity index (χ2v) is 11.4. The average Bonchev–Trinajstić information content (AvgIpc) is 2.83. The van der Waals surface area contributed by atoms with Crippen LogP contribution in [-0.2, 0) is 25.5 Å². The molecule has 8 heteroatoms. The number of carboxylic acids is 1. The summed E-state index contributed by atoms with van der Waals surface area (Å²) in [6.07, 6.45) is 7.45. The van der Waals surface area contributed by atoms with Crippen molar-refractivity contribution in [1.29, 1.82) is 0 Å². The number of phenols is 1. The van der Waals surface area contributed by atoms with Crippen LogP contribution in [0.15, 0.2) is 24.3 Å². The summed E-state index contributed by atoms with van der Waals surface area (Å²) in [7, 11) is 1.55. The lowest BCUT2D eigenvalue weighted by Crippen LogP contribution is -2.47. The summed E-state index contributed by atoms with van der Waals surface area (Å²) in [5, 5.41) is 18.5. The summed E-state index contributed by atoms with van der Waals surface area (Å²) in [6.45, 7) is 9.61. The number of aromatic hydroxyl groups is 1. The first-order valence-corrected chi connectivity index (χ1v) is 14.0. The SMILES string of the molecule is CCCCC[C@H](CC[C@H](C)CCCCC(=O)O)OC(=O)[C@H](Cc1ccc(O)cc1)N(C)C(=O)OC(C)(C)C. The number of phenolic OH excluding ortho intramolecular Hbond substituents is 1. The maximum Gasteiger partial charge on any atom is 0.410 e. The van der Waals surface area contributed by atoms with Gasteiger partial charge in [0.2, 0.25) is 0 Å². The van der Waals surface area contributed by atoms with E-state index in [1.165, 1.54) is 4.90 Å². The summed E-state index contributed by atoms with van der Waals surface area (Å²) in [5.74, 6) is -0.712. The molecule has 0 heterocycles. The van der Waals surface area contributed by atoms with Gasteiger partial charge in [-0.05, 0) is 76.5 Å². The van der Waals surface area contributed by atoms with Gasteiger partial charge in [-0.25, -0.2) is 9.59 Å². The van der Waals surface area contributed by atoms with Crippen molar-refractivity contribution in [2.45, 2.75) is 123 Å². The molecule has 1 aromatic rings. The molecule has 0 radical (unpaired) electrons. The Bertz CT molecular complexity index is 847. The first-order valence-electron chi connectivity index (χ1n) is 14.0. The number of benzene rings is 1. The van der Waals surface area contributed by atoms with Gasteiger partial charge in [0.05, 0.1) is 0 Å². The number of hydrogen-bond acceptors (Lipinski definition) is 6. The number of carbonyl (C=O) groups is 3. The van der Waals surface area contributed by atoms with Gasteiger partial charge < -0.3 is 19.7 Å². The van der Waals surface area contributed by atoms with Crippen molar-refractivity contribution in [3.63, 3.8) is 0 Å². The molecule has 216 valence electrons. The fourth-order valence-corrected chi connectivity index (χ4v) is 4.21.